The van der Waals surface area contributed by atoms with Crippen molar-refractivity contribution in [3.05, 3.63) is 41.5 Å². The Hall–Kier alpha value is -1.29. The number of alkyl halides is 3. The van der Waals surface area contributed by atoms with E-state index in [4.69, 9.17) is 0 Å². The number of hydrogen-bond donors (Lipinski definition) is 1. The first-order chi connectivity index (χ1) is 8.18. The number of rotatable bonds is 3. The largest absolute Gasteiger partial charge is 0.416 e. The average Bonchev–Trinajstić information content (AvgIpc) is 2.22. The fourth-order valence-corrected chi connectivity index (χ4v) is 1.34. The molecule has 1 nitrogen and oxygen atoms in total. The van der Waals surface area contributed by atoms with E-state index in [1.165, 1.54) is 12.1 Å². The van der Waals surface area contributed by atoms with Crippen LogP contribution in [0, 0.1) is 0 Å². The molecule has 0 amide bonds. The minimum atomic E-state index is -4.27. The van der Waals surface area contributed by atoms with Crippen LogP contribution in [-0.2, 0) is 6.18 Å². The summed E-state index contributed by atoms with van der Waals surface area (Å²) in [5.74, 6) is 0. The predicted molar refractivity (Wildman–Crippen MR) is 68.2 cm³/mol. The van der Waals surface area contributed by atoms with E-state index in [-0.39, 0.29) is 5.54 Å². The van der Waals surface area contributed by atoms with E-state index in [0.29, 0.717) is 6.54 Å². The molecule has 0 aliphatic heterocycles. The summed E-state index contributed by atoms with van der Waals surface area (Å²) in [6.45, 7) is 6.85. The highest BCUT2D eigenvalue weighted by molar-refractivity contribution is 5.50. The van der Waals surface area contributed by atoms with Crippen LogP contribution in [0.25, 0.3) is 6.08 Å². The molecule has 0 atom stereocenters. The lowest BCUT2D eigenvalue weighted by Crippen LogP contribution is -2.35. The van der Waals surface area contributed by atoms with Crippen molar-refractivity contribution in [3.63, 3.8) is 0 Å². The quantitative estimate of drug-likeness (QED) is 0.859. The minimum Gasteiger partial charge on any atom is -0.309 e. The summed E-state index contributed by atoms with van der Waals surface area (Å²) >= 11 is 0. The number of nitrogens with one attached hydrogen (secondary N) is 1. The molecule has 0 aromatic heterocycles. The molecule has 4 heteroatoms. The van der Waals surface area contributed by atoms with E-state index in [9.17, 15) is 13.2 Å². The van der Waals surface area contributed by atoms with E-state index < -0.39 is 11.7 Å². The van der Waals surface area contributed by atoms with Gasteiger partial charge in [-0.3, -0.25) is 0 Å². The lowest BCUT2D eigenvalue weighted by molar-refractivity contribution is -0.137. The van der Waals surface area contributed by atoms with Gasteiger partial charge in [-0.2, -0.15) is 13.2 Å². The Kier molecular flexibility index (Phi) is 4.57. The number of halogens is 3. The van der Waals surface area contributed by atoms with Crippen molar-refractivity contribution in [3.8, 4) is 0 Å². The first-order valence-electron chi connectivity index (χ1n) is 5.77. The van der Waals surface area contributed by atoms with Crippen molar-refractivity contribution in [2.45, 2.75) is 32.5 Å². The fourth-order valence-electron chi connectivity index (χ4n) is 1.34. The lowest BCUT2D eigenvalue weighted by atomic mass is 10.1. The highest BCUT2D eigenvalue weighted by Gasteiger charge is 2.29. The van der Waals surface area contributed by atoms with Crippen molar-refractivity contribution < 1.29 is 13.2 Å². The molecule has 0 aliphatic carbocycles. The van der Waals surface area contributed by atoms with Crippen LogP contribution in [0.4, 0.5) is 13.2 Å². The van der Waals surface area contributed by atoms with E-state index in [0.717, 1.165) is 17.7 Å². The van der Waals surface area contributed by atoms with Gasteiger partial charge in [0.2, 0.25) is 0 Å². The third-order valence-corrected chi connectivity index (χ3v) is 2.30. The molecule has 1 aromatic rings. The Morgan fingerprint density at radius 3 is 2.06 bits per heavy atom. The van der Waals surface area contributed by atoms with Gasteiger partial charge < -0.3 is 5.32 Å². The fraction of sp³-hybridized carbons (Fsp3) is 0.429. The molecular formula is C14H18F3N. The maximum absolute atomic E-state index is 12.3. The molecule has 0 aliphatic rings. The molecule has 100 valence electrons. The second-order valence-electron chi connectivity index (χ2n) is 5.15. The summed E-state index contributed by atoms with van der Waals surface area (Å²) in [5.41, 5.74) is 0.177. The summed E-state index contributed by atoms with van der Waals surface area (Å²) in [7, 11) is 0. The Bertz CT molecular complexity index is 397. The molecule has 0 bridgehead atoms. The number of benzene rings is 1. The molecular weight excluding hydrogens is 239 g/mol. The highest BCUT2D eigenvalue weighted by atomic mass is 19.4. The van der Waals surface area contributed by atoms with Crippen LogP contribution in [-0.4, -0.2) is 12.1 Å². The van der Waals surface area contributed by atoms with Crippen LogP contribution in [0.3, 0.4) is 0 Å². The zero-order valence-corrected chi connectivity index (χ0v) is 10.8. The summed E-state index contributed by atoms with van der Waals surface area (Å²) in [5, 5.41) is 3.26. The molecule has 1 N–H and O–H groups in total. The second kappa shape index (κ2) is 5.57. The van der Waals surface area contributed by atoms with Crippen molar-refractivity contribution in [2.24, 2.45) is 0 Å². The lowest BCUT2D eigenvalue weighted by Gasteiger charge is -2.18. The smallest absolute Gasteiger partial charge is 0.309 e. The van der Waals surface area contributed by atoms with Crippen LogP contribution < -0.4 is 5.32 Å². The maximum atomic E-state index is 12.3. The van der Waals surface area contributed by atoms with Gasteiger partial charge in [-0.15, -0.1) is 0 Å². The monoisotopic (exact) mass is 257 g/mol. The first-order valence-corrected chi connectivity index (χ1v) is 5.77. The van der Waals surface area contributed by atoms with Crippen molar-refractivity contribution in [2.75, 3.05) is 6.54 Å². The van der Waals surface area contributed by atoms with E-state index in [2.05, 4.69) is 26.1 Å². The van der Waals surface area contributed by atoms with Gasteiger partial charge >= 0.3 is 6.18 Å². The van der Waals surface area contributed by atoms with Crippen LogP contribution in [0.15, 0.2) is 30.3 Å². The third-order valence-electron chi connectivity index (χ3n) is 2.30. The van der Waals surface area contributed by atoms with E-state index in [1.54, 1.807) is 6.08 Å². The SMILES string of the molecule is CC(C)(C)NCC=Cc1ccc(C(F)(F)F)cc1. The molecule has 1 rings (SSSR count). The molecule has 0 saturated carbocycles. The van der Waals surface area contributed by atoms with Gasteiger partial charge in [0.1, 0.15) is 0 Å². The maximum Gasteiger partial charge on any atom is 0.416 e. The normalized spacial score (nSPS) is 13.2. The Morgan fingerprint density at radius 1 is 1.06 bits per heavy atom. The molecule has 1 aromatic carbocycles. The average molecular weight is 257 g/mol. The Balaban J connectivity index is 2.57. The van der Waals surface area contributed by atoms with Crippen LogP contribution in [0.2, 0.25) is 0 Å². The van der Waals surface area contributed by atoms with Crippen LogP contribution in [0.5, 0.6) is 0 Å². The summed E-state index contributed by atoms with van der Waals surface area (Å²) < 4.78 is 37.0. The van der Waals surface area contributed by atoms with Gasteiger partial charge in [-0.1, -0.05) is 24.3 Å². The summed E-state index contributed by atoms with van der Waals surface area (Å²) in [6.07, 6.45) is -0.567. The molecule has 0 spiro atoms. The van der Waals surface area contributed by atoms with Gasteiger partial charge in [0.05, 0.1) is 5.56 Å². The minimum absolute atomic E-state index is 0.0322. The molecule has 0 radical (unpaired) electrons. The summed E-state index contributed by atoms with van der Waals surface area (Å²) in [6, 6.07) is 5.13. The third kappa shape index (κ3) is 5.36. The molecule has 0 saturated heterocycles. The van der Waals surface area contributed by atoms with E-state index >= 15 is 0 Å². The first kappa shape index (κ1) is 14.8. The zero-order valence-electron chi connectivity index (χ0n) is 10.8. The van der Waals surface area contributed by atoms with Gasteiger partial charge in [-0.05, 0) is 38.5 Å². The topological polar surface area (TPSA) is 12.0 Å². The molecule has 0 heterocycles. The van der Waals surface area contributed by atoms with Gasteiger partial charge in [-0.25, -0.2) is 0 Å². The second-order valence-corrected chi connectivity index (χ2v) is 5.15. The van der Waals surface area contributed by atoms with Crippen molar-refractivity contribution >= 4 is 6.08 Å². The van der Waals surface area contributed by atoms with E-state index in [1.807, 2.05) is 6.08 Å². The molecule has 0 fully saturated rings. The standard InChI is InChI=1S/C14H18F3N/c1-13(2,3)18-10-4-5-11-6-8-12(9-7-11)14(15,16)17/h4-9,18H,10H2,1-3H3. The molecule has 0 unspecified atom stereocenters. The van der Waals surface area contributed by atoms with Crippen LogP contribution >= 0.6 is 0 Å². The van der Waals surface area contributed by atoms with Crippen molar-refractivity contribution in [1.29, 1.82) is 0 Å². The highest BCUT2D eigenvalue weighted by Crippen LogP contribution is 2.29. The Labute approximate surface area is 106 Å². The van der Waals surface area contributed by atoms with Crippen LogP contribution in [0.1, 0.15) is 31.9 Å². The van der Waals surface area contributed by atoms with Gasteiger partial charge in [0.25, 0.3) is 0 Å². The van der Waals surface area contributed by atoms with Crippen molar-refractivity contribution in [1.82, 2.24) is 5.32 Å². The Morgan fingerprint density at radius 2 is 1.61 bits per heavy atom. The number of hydrogen-bond acceptors (Lipinski definition) is 1. The molecule has 18 heavy (non-hydrogen) atoms. The van der Waals surface area contributed by atoms with Gasteiger partial charge in [0, 0.05) is 12.1 Å². The predicted octanol–water partition coefficient (Wildman–Crippen LogP) is 4.11. The summed E-state index contributed by atoms with van der Waals surface area (Å²) in [4.78, 5) is 0. The van der Waals surface area contributed by atoms with Gasteiger partial charge in [0.15, 0.2) is 0 Å². The zero-order chi connectivity index (χ0) is 13.8.